The number of H-pyrrole nitrogens is 1. The molecule has 2 nitrogen and oxygen atoms in total. The van der Waals surface area contributed by atoms with E-state index >= 15 is 0 Å². The second-order valence-corrected chi connectivity index (χ2v) is 20.9. The lowest BCUT2D eigenvalue weighted by molar-refractivity contribution is 1.18. The molecule has 2 aromatic heterocycles. The maximum absolute atomic E-state index is 4.02. The summed E-state index contributed by atoms with van der Waals surface area (Å²) in [5.74, 6) is 0. The fraction of sp³-hybridized carbons (Fsp3) is 0.111. The van der Waals surface area contributed by atoms with E-state index < -0.39 is 0 Å². The Balaban J connectivity index is 1.18. The van der Waals surface area contributed by atoms with Crippen LogP contribution >= 0.6 is 0 Å². The highest BCUT2D eigenvalue weighted by atomic mass is 15.0. The van der Waals surface area contributed by atoms with Gasteiger partial charge in [0.2, 0.25) is 0 Å². The first-order valence-electron chi connectivity index (χ1n) is 26.1. The second kappa shape index (κ2) is 17.5. The Hall–Kier alpha value is -8.72. The molecule has 0 radical (unpaired) electrons. The number of aromatic nitrogens is 2. The topological polar surface area (TPSA) is 20.7 Å². The van der Waals surface area contributed by atoms with Gasteiger partial charge < -0.3 is 9.55 Å². The second-order valence-electron chi connectivity index (χ2n) is 20.9. The Labute approximate surface area is 434 Å². The van der Waals surface area contributed by atoms with E-state index in [1.54, 1.807) is 0 Å². The van der Waals surface area contributed by atoms with Crippen molar-refractivity contribution in [2.24, 2.45) is 0 Å². The summed E-state index contributed by atoms with van der Waals surface area (Å²) in [6.07, 6.45) is 0. The third-order valence-corrected chi connectivity index (χ3v) is 16.3. The van der Waals surface area contributed by atoms with Gasteiger partial charge in [0.15, 0.2) is 0 Å². The molecular weight excluding hydrogens is 893 g/mol. The first kappa shape index (κ1) is 45.2. The molecule has 2 heteroatoms. The minimum absolute atomic E-state index is 1.12. The molecule has 0 unspecified atom stereocenters. The fourth-order valence-corrected chi connectivity index (χ4v) is 12.6. The molecule has 0 saturated heterocycles. The molecule has 11 aromatic carbocycles. The minimum Gasteiger partial charge on any atom is -0.354 e. The molecule has 0 saturated carbocycles. The quantitative estimate of drug-likeness (QED) is 0.164. The van der Waals surface area contributed by atoms with Crippen molar-refractivity contribution in [1.29, 1.82) is 0 Å². The highest BCUT2D eigenvalue weighted by Gasteiger charge is 2.24. The average molecular weight is 951 g/mol. The van der Waals surface area contributed by atoms with Gasteiger partial charge in [-0.15, -0.1) is 0 Å². The van der Waals surface area contributed by atoms with Crippen LogP contribution in [0.3, 0.4) is 0 Å². The number of benzene rings is 11. The van der Waals surface area contributed by atoms with Crippen LogP contribution in [0.2, 0.25) is 0 Å². The zero-order valence-electron chi connectivity index (χ0n) is 43.5. The molecule has 356 valence electrons. The van der Waals surface area contributed by atoms with Gasteiger partial charge in [-0.3, -0.25) is 0 Å². The molecule has 2 heterocycles. The van der Waals surface area contributed by atoms with Crippen LogP contribution < -0.4 is 0 Å². The van der Waals surface area contributed by atoms with Crippen molar-refractivity contribution >= 4 is 54.4 Å². The predicted molar refractivity (Wildman–Crippen MR) is 318 cm³/mol. The SMILES string of the molecule is Cc1ccccc1-c1ccc2[nH]c3c(-c4cc(-n5c6ccc(-c7c(C)cccc7C)cc6c6c7ccccc7c(-c7c(C)cccc7C)cc65)cc(-c5ccccc5C)c4C)cc(-c4ccccc4C)cc3c2c1. The normalized spacial score (nSPS) is 11.8. The van der Waals surface area contributed by atoms with Crippen LogP contribution in [-0.2, 0) is 0 Å². The molecule has 1 N–H and O–H groups in total. The third kappa shape index (κ3) is 7.15. The van der Waals surface area contributed by atoms with E-state index in [0.29, 0.717) is 0 Å². The molecule has 13 rings (SSSR count). The molecule has 0 amide bonds. The number of aryl methyl sites for hydroxylation is 7. The number of hydrogen-bond acceptors (Lipinski definition) is 0. The van der Waals surface area contributed by atoms with E-state index in [4.69, 9.17) is 0 Å². The van der Waals surface area contributed by atoms with E-state index in [2.05, 4.69) is 265 Å². The summed E-state index contributed by atoms with van der Waals surface area (Å²) in [6, 6.07) is 75.4. The van der Waals surface area contributed by atoms with Crippen molar-refractivity contribution < 1.29 is 0 Å². The summed E-state index contributed by atoms with van der Waals surface area (Å²) in [5, 5.41) is 7.47. The van der Waals surface area contributed by atoms with Crippen LogP contribution in [0.25, 0.3) is 127 Å². The summed E-state index contributed by atoms with van der Waals surface area (Å²) < 4.78 is 2.58. The lowest BCUT2D eigenvalue weighted by atomic mass is 9.87. The highest BCUT2D eigenvalue weighted by Crippen LogP contribution is 2.48. The largest absolute Gasteiger partial charge is 0.354 e. The van der Waals surface area contributed by atoms with Crippen LogP contribution in [0.15, 0.2) is 200 Å². The lowest BCUT2D eigenvalue weighted by Crippen LogP contribution is -2.00. The van der Waals surface area contributed by atoms with Gasteiger partial charge in [-0.1, -0.05) is 146 Å². The lowest BCUT2D eigenvalue weighted by Gasteiger charge is -2.20. The minimum atomic E-state index is 1.12. The van der Waals surface area contributed by atoms with Gasteiger partial charge in [0, 0.05) is 38.3 Å². The van der Waals surface area contributed by atoms with Gasteiger partial charge in [0.25, 0.3) is 0 Å². The summed E-state index contributed by atoms with van der Waals surface area (Å²) in [5.41, 5.74) is 30.7. The molecule has 0 aliphatic rings. The zero-order valence-corrected chi connectivity index (χ0v) is 43.5. The Morgan fingerprint density at radius 1 is 0.297 bits per heavy atom. The molecule has 0 bridgehead atoms. The van der Waals surface area contributed by atoms with Crippen molar-refractivity contribution in [2.45, 2.75) is 55.4 Å². The summed E-state index contributed by atoms with van der Waals surface area (Å²) >= 11 is 0. The fourth-order valence-electron chi connectivity index (χ4n) is 12.6. The monoisotopic (exact) mass is 950 g/mol. The molecule has 0 aliphatic heterocycles. The number of aromatic amines is 1. The number of fused-ring (bicyclic) bond motifs is 8. The van der Waals surface area contributed by atoms with Crippen LogP contribution in [0.4, 0.5) is 0 Å². The Kier molecular flexibility index (Phi) is 10.7. The Morgan fingerprint density at radius 3 is 1.46 bits per heavy atom. The standard InChI is InChI=1S/C72H58N2/c1-42-19-9-12-26-54(42)50-31-33-66-61(35-50)64-38-52(55-27-13-10-20-43(55)2)37-63(72(64)73-66)60-40-53(39-59(49(60)8)56-28-14-11-21-44(56)3)74-67-34-32-51(69-45(4)22-17-23-46(69)5)36-65(67)71-58-30-16-15-29-57(58)62(41-68(71)74)70-47(6)24-18-25-48(70)7/h9-41,73H,1-8H3. The van der Waals surface area contributed by atoms with Crippen molar-refractivity contribution in [3.8, 4) is 72.4 Å². The number of nitrogens with one attached hydrogen (secondary N) is 1. The summed E-state index contributed by atoms with van der Waals surface area (Å²) in [4.78, 5) is 4.02. The molecule has 13 aromatic rings. The van der Waals surface area contributed by atoms with E-state index in [9.17, 15) is 0 Å². The van der Waals surface area contributed by atoms with Crippen LogP contribution in [0.1, 0.15) is 44.5 Å². The zero-order chi connectivity index (χ0) is 50.5. The van der Waals surface area contributed by atoms with Crippen molar-refractivity contribution in [3.05, 3.63) is 245 Å². The van der Waals surface area contributed by atoms with Crippen molar-refractivity contribution in [3.63, 3.8) is 0 Å². The maximum Gasteiger partial charge on any atom is 0.0553 e. The summed E-state index contributed by atoms with van der Waals surface area (Å²) in [7, 11) is 0. The number of rotatable bonds is 7. The van der Waals surface area contributed by atoms with Crippen LogP contribution in [-0.4, -0.2) is 9.55 Å². The van der Waals surface area contributed by atoms with Crippen molar-refractivity contribution in [2.75, 3.05) is 0 Å². The van der Waals surface area contributed by atoms with Gasteiger partial charge in [-0.25, -0.2) is 0 Å². The van der Waals surface area contributed by atoms with Crippen LogP contribution in [0, 0.1) is 55.4 Å². The first-order valence-corrected chi connectivity index (χ1v) is 26.1. The van der Waals surface area contributed by atoms with Gasteiger partial charge in [-0.2, -0.15) is 0 Å². The van der Waals surface area contributed by atoms with Gasteiger partial charge >= 0.3 is 0 Å². The summed E-state index contributed by atoms with van der Waals surface area (Å²) in [6.45, 7) is 18.0. The first-order chi connectivity index (χ1) is 36.0. The van der Waals surface area contributed by atoms with E-state index in [-0.39, 0.29) is 0 Å². The van der Waals surface area contributed by atoms with Gasteiger partial charge in [0.1, 0.15) is 0 Å². The highest BCUT2D eigenvalue weighted by molar-refractivity contribution is 6.25. The van der Waals surface area contributed by atoms with Crippen LogP contribution in [0.5, 0.6) is 0 Å². The van der Waals surface area contributed by atoms with Gasteiger partial charge in [-0.05, 0) is 226 Å². The molecule has 74 heavy (non-hydrogen) atoms. The van der Waals surface area contributed by atoms with E-state index in [1.165, 1.54) is 155 Å². The molecule has 0 atom stereocenters. The Bertz CT molecular complexity index is 4420. The Morgan fingerprint density at radius 2 is 0.811 bits per heavy atom. The van der Waals surface area contributed by atoms with Crippen molar-refractivity contribution in [1.82, 2.24) is 9.55 Å². The van der Waals surface area contributed by atoms with E-state index in [1.807, 2.05) is 0 Å². The number of nitrogens with zero attached hydrogens (tertiary/aromatic N) is 1. The van der Waals surface area contributed by atoms with Gasteiger partial charge in [0.05, 0.1) is 16.6 Å². The smallest absolute Gasteiger partial charge is 0.0553 e. The number of hydrogen-bond donors (Lipinski definition) is 1. The molecular formula is C72H58N2. The molecule has 0 aliphatic carbocycles. The van der Waals surface area contributed by atoms with E-state index in [0.717, 1.165) is 16.7 Å². The predicted octanol–water partition coefficient (Wildman–Crippen LogP) is 20.0. The third-order valence-electron chi connectivity index (χ3n) is 16.3. The average Bonchev–Trinajstić information content (AvgIpc) is 3.95. The maximum atomic E-state index is 4.02. The molecule has 0 spiro atoms. The molecule has 0 fully saturated rings.